The Balaban J connectivity index is 0.00000200. The molecule has 0 amide bonds. The maximum Gasteiger partial charge on any atom is 0.0481 e. The molecule has 0 aliphatic rings. The van der Waals surface area contributed by atoms with Gasteiger partial charge in [-0.1, -0.05) is 43.6 Å². The first-order chi connectivity index (χ1) is 9.24. The number of hydrogen-bond acceptors (Lipinski definition) is 2. The second-order valence-corrected chi connectivity index (χ2v) is 6.00. The molecule has 0 saturated carbocycles. The molecule has 4 heteroatoms. The number of halogens is 2. The number of thiophene rings is 1. The molecule has 0 bridgehead atoms. The Labute approximate surface area is 137 Å². The van der Waals surface area contributed by atoms with Crippen LogP contribution in [0.5, 0.6) is 0 Å². The van der Waals surface area contributed by atoms with Gasteiger partial charge in [0.25, 0.3) is 0 Å². The van der Waals surface area contributed by atoms with Crippen LogP contribution in [0.2, 0.25) is 5.02 Å². The average Bonchev–Trinajstić information content (AvgIpc) is 2.95. The fourth-order valence-electron chi connectivity index (χ4n) is 2.40. The number of benzene rings is 1. The van der Waals surface area contributed by atoms with Crippen LogP contribution in [0.3, 0.4) is 0 Å². The largest absolute Gasteiger partial charge is 0.296 e. The Morgan fingerprint density at radius 2 is 1.75 bits per heavy atom. The van der Waals surface area contributed by atoms with Gasteiger partial charge in [0, 0.05) is 15.9 Å². The lowest BCUT2D eigenvalue weighted by atomic mass is 10.0. The normalized spacial score (nSPS) is 12.2. The maximum absolute atomic E-state index is 5.96. The molecule has 1 aromatic heterocycles. The summed E-state index contributed by atoms with van der Waals surface area (Å²) in [4.78, 5) is 3.96. The van der Waals surface area contributed by atoms with Crippen molar-refractivity contribution >= 4 is 35.3 Å². The second-order valence-electron chi connectivity index (χ2n) is 4.58. The Hall–Kier alpha value is -0.540. The third-order valence-electron chi connectivity index (χ3n) is 3.47. The van der Waals surface area contributed by atoms with E-state index in [-0.39, 0.29) is 12.4 Å². The lowest BCUT2D eigenvalue weighted by Gasteiger charge is -2.29. The summed E-state index contributed by atoms with van der Waals surface area (Å²) in [7, 11) is 0. The molecule has 110 valence electrons. The van der Waals surface area contributed by atoms with Gasteiger partial charge in [-0.3, -0.25) is 4.90 Å². The molecule has 1 aromatic carbocycles. The summed E-state index contributed by atoms with van der Waals surface area (Å²) in [6, 6.07) is 13.1. The molecule has 2 rings (SSSR count). The fraction of sp³-hybridized carbons (Fsp3) is 0.375. The molecule has 1 heterocycles. The van der Waals surface area contributed by atoms with Crippen LogP contribution >= 0.6 is 35.3 Å². The van der Waals surface area contributed by atoms with Crippen molar-refractivity contribution in [3.05, 3.63) is 57.2 Å². The summed E-state index contributed by atoms with van der Waals surface area (Å²) in [5, 5.41) is 2.97. The van der Waals surface area contributed by atoms with Gasteiger partial charge in [0.2, 0.25) is 0 Å². The standard InChI is InChI=1S/C16H20ClNS.ClH/c1-3-18(4-2)15(16-6-5-11-19-16)12-13-7-9-14(17)10-8-13;/h5-11,15H,3-4,12H2,1-2H3;1H. The van der Waals surface area contributed by atoms with Crippen molar-refractivity contribution in [1.82, 2.24) is 4.90 Å². The summed E-state index contributed by atoms with van der Waals surface area (Å²) in [6.45, 7) is 6.61. The van der Waals surface area contributed by atoms with Crippen LogP contribution in [0, 0.1) is 0 Å². The van der Waals surface area contributed by atoms with E-state index in [4.69, 9.17) is 11.6 Å². The molecule has 1 nitrogen and oxygen atoms in total. The van der Waals surface area contributed by atoms with Gasteiger partial charge >= 0.3 is 0 Å². The number of likely N-dealkylation sites (N-methyl/N-ethyl adjacent to an activating group) is 1. The highest BCUT2D eigenvalue weighted by Crippen LogP contribution is 2.28. The van der Waals surface area contributed by atoms with Crippen LogP contribution in [-0.2, 0) is 6.42 Å². The van der Waals surface area contributed by atoms with E-state index in [1.165, 1.54) is 10.4 Å². The van der Waals surface area contributed by atoms with Gasteiger partial charge in [0.05, 0.1) is 0 Å². The lowest BCUT2D eigenvalue weighted by molar-refractivity contribution is 0.220. The van der Waals surface area contributed by atoms with Crippen molar-refractivity contribution in [2.24, 2.45) is 0 Å². The Morgan fingerprint density at radius 1 is 1.10 bits per heavy atom. The van der Waals surface area contributed by atoms with E-state index in [2.05, 4.69) is 48.4 Å². The summed E-state index contributed by atoms with van der Waals surface area (Å²) < 4.78 is 0. The monoisotopic (exact) mass is 329 g/mol. The molecular formula is C16H21Cl2NS. The van der Waals surface area contributed by atoms with Crippen molar-refractivity contribution < 1.29 is 0 Å². The minimum absolute atomic E-state index is 0. The molecule has 1 atom stereocenters. The molecule has 0 saturated heterocycles. The highest BCUT2D eigenvalue weighted by Gasteiger charge is 2.19. The van der Waals surface area contributed by atoms with E-state index in [0.717, 1.165) is 24.5 Å². The van der Waals surface area contributed by atoms with Crippen molar-refractivity contribution in [2.75, 3.05) is 13.1 Å². The molecular weight excluding hydrogens is 309 g/mol. The highest BCUT2D eigenvalue weighted by atomic mass is 35.5. The molecule has 0 radical (unpaired) electrons. The molecule has 20 heavy (non-hydrogen) atoms. The van der Waals surface area contributed by atoms with Crippen LogP contribution in [0.15, 0.2) is 41.8 Å². The first-order valence-electron chi connectivity index (χ1n) is 6.76. The molecule has 1 unspecified atom stereocenters. The zero-order chi connectivity index (χ0) is 13.7. The van der Waals surface area contributed by atoms with Crippen molar-refractivity contribution in [3.8, 4) is 0 Å². The topological polar surface area (TPSA) is 3.24 Å². The Bertz CT molecular complexity index is 478. The second kappa shape index (κ2) is 8.68. The molecule has 0 fully saturated rings. The van der Waals surface area contributed by atoms with Gasteiger partial charge < -0.3 is 0 Å². The van der Waals surface area contributed by atoms with E-state index in [1.54, 1.807) is 0 Å². The van der Waals surface area contributed by atoms with Gasteiger partial charge in [0.15, 0.2) is 0 Å². The van der Waals surface area contributed by atoms with Gasteiger partial charge in [-0.25, -0.2) is 0 Å². The van der Waals surface area contributed by atoms with Crippen LogP contribution in [0.4, 0.5) is 0 Å². The minimum atomic E-state index is 0. The van der Waals surface area contributed by atoms with Crippen LogP contribution in [0.25, 0.3) is 0 Å². The third kappa shape index (κ3) is 4.49. The zero-order valence-corrected chi connectivity index (χ0v) is 14.3. The van der Waals surface area contributed by atoms with Gasteiger partial charge in [-0.2, -0.15) is 0 Å². The first-order valence-corrected chi connectivity index (χ1v) is 8.02. The fourth-order valence-corrected chi connectivity index (χ4v) is 3.39. The van der Waals surface area contributed by atoms with Crippen molar-refractivity contribution in [2.45, 2.75) is 26.3 Å². The molecule has 2 aromatic rings. The van der Waals surface area contributed by atoms with Crippen molar-refractivity contribution in [3.63, 3.8) is 0 Å². The molecule has 0 spiro atoms. The smallest absolute Gasteiger partial charge is 0.0481 e. The van der Waals surface area contributed by atoms with E-state index in [9.17, 15) is 0 Å². The highest BCUT2D eigenvalue weighted by molar-refractivity contribution is 7.10. The maximum atomic E-state index is 5.96. The summed E-state index contributed by atoms with van der Waals surface area (Å²) in [6.07, 6.45) is 1.04. The summed E-state index contributed by atoms with van der Waals surface area (Å²) in [5.41, 5.74) is 1.34. The zero-order valence-electron chi connectivity index (χ0n) is 11.9. The quantitative estimate of drug-likeness (QED) is 0.681. The number of rotatable bonds is 6. The Morgan fingerprint density at radius 3 is 2.25 bits per heavy atom. The van der Waals surface area contributed by atoms with E-state index < -0.39 is 0 Å². The SMILES string of the molecule is CCN(CC)C(Cc1ccc(Cl)cc1)c1cccs1.Cl. The molecule has 0 aliphatic heterocycles. The van der Waals surface area contributed by atoms with Crippen LogP contribution in [-0.4, -0.2) is 18.0 Å². The molecule has 0 N–H and O–H groups in total. The van der Waals surface area contributed by atoms with Gasteiger partial charge in [0.1, 0.15) is 0 Å². The predicted molar refractivity (Wildman–Crippen MR) is 92.4 cm³/mol. The number of hydrogen-bond donors (Lipinski definition) is 0. The van der Waals surface area contributed by atoms with Gasteiger partial charge in [-0.05, 0) is 48.7 Å². The number of nitrogens with zero attached hydrogens (tertiary/aromatic N) is 1. The summed E-state index contributed by atoms with van der Waals surface area (Å²) in [5.74, 6) is 0. The van der Waals surface area contributed by atoms with E-state index in [0.29, 0.717) is 6.04 Å². The predicted octanol–water partition coefficient (Wildman–Crippen LogP) is 5.45. The van der Waals surface area contributed by atoms with E-state index in [1.807, 2.05) is 23.5 Å². The van der Waals surface area contributed by atoms with Gasteiger partial charge in [-0.15, -0.1) is 23.7 Å². The average molecular weight is 330 g/mol. The van der Waals surface area contributed by atoms with Crippen LogP contribution in [0.1, 0.15) is 30.3 Å². The van der Waals surface area contributed by atoms with Crippen molar-refractivity contribution in [1.29, 1.82) is 0 Å². The van der Waals surface area contributed by atoms with E-state index >= 15 is 0 Å². The lowest BCUT2D eigenvalue weighted by Crippen LogP contribution is -2.29. The van der Waals surface area contributed by atoms with Crippen LogP contribution < -0.4 is 0 Å². The summed E-state index contributed by atoms with van der Waals surface area (Å²) >= 11 is 7.80. The Kier molecular flexibility index (Phi) is 7.60. The minimum Gasteiger partial charge on any atom is -0.296 e. The molecule has 0 aliphatic carbocycles. The first kappa shape index (κ1) is 17.5. The third-order valence-corrected chi connectivity index (χ3v) is 4.69.